The molecule has 0 aromatic rings. The Balaban J connectivity index is 3.00. The molecule has 1 heterocycles. The Kier molecular flexibility index (Phi) is 16.0. The molecule has 5 atom stereocenters. The Labute approximate surface area is 246 Å². The van der Waals surface area contributed by atoms with Crippen LogP contribution in [0.2, 0.25) is 0 Å². The van der Waals surface area contributed by atoms with Gasteiger partial charge in [0.1, 0.15) is 30.2 Å². The van der Waals surface area contributed by atoms with Gasteiger partial charge >= 0.3 is 5.97 Å². The normalized spacial score (nSPS) is 17.7. The summed E-state index contributed by atoms with van der Waals surface area (Å²) in [4.78, 5) is 77.3. The number of aliphatic carboxylic acids is 1. The van der Waals surface area contributed by atoms with Gasteiger partial charge in [0.2, 0.25) is 29.5 Å². The van der Waals surface area contributed by atoms with Crippen LogP contribution >= 0.6 is 0 Å². The highest BCUT2D eigenvalue weighted by atomic mass is 16.4. The number of nitrogens with one attached hydrogen (secondary N) is 4. The maximum atomic E-state index is 13.6. The summed E-state index contributed by atoms with van der Waals surface area (Å²) >= 11 is 0. The van der Waals surface area contributed by atoms with Crippen LogP contribution in [0.15, 0.2) is 0 Å². The first-order valence-corrected chi connectivity index (χ1v) is 14.5. The number of hydrogen-bond donors (Lipinski definition) is 8. The van der Waals surface area contributed by atoms with Gasteiger partial charge in [-0.3, -0.25) is 24.0 Å². The molecular weight excluding hydrogens is 550 g/mol. The topological polar surface area (TPSA) is 246 Å². The number of likely N-dealkylation sites (tertiary alicyclic amines) is 1. The lowest BCUT2D eigenvalue weighted by atomic mass is 10.00. The lowest BCUT2D eigenvalue weighted by Crippen LogP contribution is -2.59. The van der Waals surface area contributed by atoms with Crippen LogP contribution in [0, 0.1) is 11.8 Å². The first-order chi connectivity index (χ1) is 19.7. The molecule has 0 unspecified atom stereocenters. The Morgan fingerprint density at radius 3 is 2.17 bits per heavy atom. The van der Waals surface area contributed by atoms with Gasteiger partial charge in [-0.1, -0.05) is 27.7 Å². The van der Waals surface area contributed by atoms with Gasteiger partial charge in [0.05, 0.1) is 13.2 Å². The number of aliphatic hydroxyl groups excluding tert-OH is 1. The van der Waals surface area contributed by atoms with Gasteiger partial charge in [-0.2, -0.15) is 0 Å². The number of rotatable bonds is 18. The van der Waals surface area contributed by atoms with Crippen molar-refractivity contribution in [3.05, 3.63) is 0 Å². The lowest BCUT2D eigenvalue weighted by molar-refractivity contribution is -0.145. The fourth-order valence-electron chi connectivity index (χ4n) is 4.60. The standard InChI is InChI=1S/C27H49N7O8/c1-15(2)12-19(27(41)42)32-25(39)20-9-7-11-34(20)26(40)22(16(3)4)33-24(38)18(8-5-6-10-28)31-21(36)13-30-23(37)17(29)14-35/h15-20,22,35H,5-14,28-29H2,1-4H3,(H,30,37)(H,31,36)(H,32,39)(H,33,38)(H,41,42)/t17-,18-,19-,20-,22-/m0/s1. The number of carboxylic acids is 1. The molecule has 1 fully saturated rings. The SMILES string of the molecule is CC(C)C[C@H](NC(=O)[C@@H]1CCCN1C(=O)[C@@H](NC(=O)[C@H](CCCCN)NC(=O)CNC(=O)[C@@H](N)CO)C(C)C)C(=O)O. The summed E-state index contributed by atoms with van der Waals surface area (Å²) in [5.41, 5.74) is 11.0. The van der Waals surface area contributed by atoms with Gasteiger partial charge in [-0.25, -0.2) is 4.79 Å². The van der Waals surface area contributed by atoms with Crippen molar-refractivity contribution < 1.29 is 39.0 Å². The quantitative estimate of drug-likeness (QED) is 0.0789. The molecule has 0 saturated carbocycles. The minimum absolute atomic E-state index is 0.0286. The Hall–Kier alpha value is -3.30. The van der Waals surface area contributed by atoms with E-state index in [9.17, 15) is 33.9 Å². The first kappa shape index (κ1) is 36.7. The van der Waals surface area contributed by atoms with Crippen molar-refractivity contribution in [1.82, 2.24) is 26.2 Å². The first-order valence-electron chi connectivity index (χ1n) is 14.5. The molecule has 0 radical (unpaired) electrons. The number of amides is 5. The Morgan fingerprint density at radius 2 is 1.62 bits per heavy atom. The third-order valence-corrected chi connectivity index (χ3v) is 6.95. The fourth-order valence-corrected chi connectivity index (χ4v) is 4.60. The highest BCUT2D eigenvalue weighted by Crippen LogP contribution is 2.21. The molecule has 0 aromatic heterocycles. The third kappa shape index (κ3) is 11.9. The summed E-state index contributed by atoms with van der Waals surface area (Å²) in [6.07, 6.45) is 2.45. The molecule has 42 heavy (non-hydrogen) atoms. The van der Waals surface area contributed by atoms with E-state index in [1.807, 2.05) is 13.8 Å². The minimum Gasteiger partial charge on any atom is -0.480 e. The average Bonchev–Trinajstić information content (AvgIpc) is 3.42. The molecule has 1 saturated heterocycles. The number of carboxylic acid groups (broad SMARTS) is 1. The van der Waals surface area contributed by atoms with Crippen molar-refractivity contribution in [1.29, 1.82) is 0 Å². The van der Waals surface area contributed by atoms with Crippen molar-refractivity contribution in [2.24, 2.45) is 23.3 Å². The molecule has 0 aromatic carbocycles. The summed E-state index contributed by atoms with van der Waals surface area (Å²) in [5, 5.41) is 28.6. The second-order valence-electron chi connectivity index (χ2n) is 11.4. The van der Waals surface area contributed by atoms with E-state index < -0.39 is 78.9 Å². The van der Waals surface area contributed by atoms with Crippen LogP contribution in [0.4, 0.5) is 0 Å². The Morgan fingerprint density at radius 1 is 0.952 bits per heavy atom. The van der Waals surface area contributed by atoms with E-state index in [0.717, 1.165) is 0 Å². The van der Waals surface area contributed by atoms with Crippen LogP contribution in [-0.4, -0.2) is 107 Å². The summed E-state index contributed by atoms with van der Waals surface area (Å²) in [6.45, 7) is 6.74. The van der Waals surface area contributed by atoms with Crippen molar-refractivity contribution >= 4 is 35.5 Å². The maximum Gasteiger partial charge on any atom is 0.326 e. The van der Waals surface area contributed by atoms with E-state index in [4.69, 9.17) is 16.6 Å². The summed E-state index contributed by atoms with van der Waals surface area (Å²) < 4.78 is 0. The van der Waals surface area contributed by atoms with Crippen LogP contribution in [-0.2, 0) is 28.8 Å². The monoisotopic (exact) mass is 599 g/mol. The molecule has 5 amide bonds. The summed E-state index contributed by atoms with van der Waals surface area (Å²) in [5.74, 6) is -4.56. The van der Waals surface area contributed by atoms with Gasteiger partial charge in [-0.05, 0) is 56.9 Å². The predicted molar refractivity (Wildman–Crippen MR) is 153 cm³/mol. The van der Waals surface area contributed by atoms with Gasteiger partial charge < -0.3 is 47.8 Å². The Bertz CT molecular complexity index is 945. The second-order valence-corrected chi connectivity index (χ2v) is 11.4. The molecule has 0 aliphatic carbocycles. The van der Waals surface area contributed by atoms with Gasteiger partial charge in [0.25, 0.3) is 0 Å². The van der Waals surface area contributed by atoms with Crippen molar-refractivity contribution in [2.75, 3.05) is 26.2 Å². The molecule has 15 heteroatoms. The highest BCUT2D eigenvalue weighted by molar-refractivity contribution is 5.96. The second kappa shape index (κ2) is 18.3. The van der Waals surface area contributed by atoms with E-state index in [-0.39, 0.29) is 31.2 Å². The lowest BCUT2D eigenvalue weighted by Gasteiger charge is -2.32. The minimum atomic E-state index is -1.19. The number of unbranched alkanes of at least 4 members (excludes halogenated alkanes) is 1. The zero-order valence-corrected chi connectivity index (χ0v) is 25.1. The molecular formula is C27H49N7O8. The largest absolute Gasteiger partial charge is 0.480 e. The number of carbonyl (C=O) groups is 6. The zero-order valence-electron chi connectivity index (χ0n) is 25.1. The average molecular weight is 600 g/mol. The van der Waals surface area contributed by atoms with E-state index in [1.165, 1.54) is 4.90 Å². The molecule has 1 aliphatic heterocycles. The van der Waals surface area contributed by atoms with E-state index in [0.29, 0.717) is 32.2 Å². The van der Waals surface area contributed by atoms with Crippen LogP contribution in [0.25, 0.3) is 0 Å². The molecule has 0 bridgehead atoms. The number of carbonyl (C=O) groups excluding carboxylic acids is 5. The zero-order chi connectivity index (χ0) is 32.0. The van der Waals surface area contributed by atoms with Gasteiger partial charge in [0, 0.05) is 6.54 Å². The fraction of sp³-hybridized carbons (Fsp3) is 0.778. The van der Waals surface area contributed by atoms with E-state index >= 15 is 0 Å². The number of nitrogens with zero attached hydrogens (tertiary/aromatic N) is 1. The number of nitrogens with two attached hydrogens (primary N) is 2. The van der Waals surface area contributed by atoms with Crippen LogP contribution in [0.1, 0.15) is 66.2 Å². The van der Waals surface area contributed by atoms with Crippen LogP contribution < -0.4 is 32.7 Å². The van der Waals surface area contributed by atoms with Crippen molar-refractivity contribution in [3.63, 3.8) is 0 Å². The molecule has 0 spiro atoms. The molecule has 1 rings (SSSR count). The molecule has 10 N–H and O–H groups in total. The summed E-state index contributed by atoms with van der Waals surface area (Å²) in [6, 6.07) is -5.21. The smallest absolute Gasteiger partial charge is 0.326 e. The van der Waals surface area contributed by atoms with E-state index in [2.05, 4.69) is 21.3 Å². The predicted octanol–water partition coefficient (Wildman–Crippen LogP) is -2.22. The molecule has 240 valence electrons. The number of aliphatic hydroxyl groups is 1. The third-order valence-electron chi connectivity index (χ3n) is 6.95. The van der Waals surface area contributed by atoms with Crippen LogP contribution in [0.5, 0.6) is 0 Å². The van der Waals surface area contributed by atoms with E-state index in [1.54, 1.807) is 13.8 Å². The highest BCUT2D eigenvalue weighted by Gasteiger charge is 2.40. The van der Waals surface area contributed by atoms with Gasteiger partial charge in [-0.15, -0.1) is 0 Å². The number of hydrogen-bond acceptors (Lipinski definition) is 9. The van der Waals surface area contributed by atoms with Crippen LogP contribution in [0.3, 0.4) is 0 Å². The van der Waals surface area contributed by atoms with Gasteiger partial charge in [0.15, 0.2) is 0 Å². The van der Waals surface area contributed by atoms with Crippen molar-refractivity contribution in [2.45, 2.75) is 96.4 Å². The maximum absolute atomic E-state index is 13.6. The summed E-state index contributed by atoms with van der Waals surface area (Å²) in [7, 11) is 0. The molecule has 15 nitrogen and oxygen atoms in total. The molecule has 1 aliphatic rings. The van der Waals surface area contributed by atoms with Crippen molar-refractivity contribution in [3.8, 4) is 0 Å².